The lowest BCUT2D eigenvalue weighted by Crippen LogP contribution is -2.61. The lowest BCUT2D eigenvalue weighted by molar-refractivity contribution is -0.330. The summed E-state index contributed by atoms with van der Waals surface area (Å²) in [6.45, 7) is 0.830. The van der Waals surface area contributed by atoms with Crippen LogP contribution in [0.4, 0.5) is 0 Å². The van der Waals surface area contributed by atoms with E-state index in [1.54, 1.807) is 0 Å². The maximum Gasteiger partial charge on any atom is 0.220 e. The van der Waals surface area contributed by atoms with E-state index >= 15 is 0 Å². The molecule has 14 nitrogen and oxygen atoms in total. The first-order valence-corrected chi connectivity index (χ1v) is 12.6. The summed E-state index contributed by atoms with van der Waals surface area (Å²) in [4.78, 5) is 23.4. The highest BCUT2D eigenvalue weighted by Crippen LogP contribution is 2.25. The third-order valence-electron chi connectivity index (χ3n) is 6.29. The van der Waals surface area contributed by atoms with Crippen molar-refractivity contribution in [3.63, 3.8) is 0 Å². The first-order valence-electron chi connectivity index (χ1n) is 12.6. The zero-order chi connectivity index (χ0) is 27.5. The van der Waals surface area contributed by atoms with E-state index in [9.17, 15) is 45.3 Å². The summed E-state index contributed by atoms with van der Waals surface area (Å²) in [5, 5.41) is 72.2. The first-order chi connectivity index (χ1) is 17.6. The fraction of sp³-hybridized carbons (Fsp3) is 0.913. The number of aliphatic hydroxyl groups is 7. The van der Waals surface area contributed by atoms with Gasteiger partial charge in [-0.3, -0.25) is 9.59 Å². The minimum Gasteiger partial charge on any atom is -0.394 e. The molecule has 0 aromatic heterocycles. The Kier molecular flexibility index (Phi) is 13.8. The molecule has 2 rings (SSSR count). The number of rotatable bonds is 15. The second kappa shape index (κ2) is 16.0. The highest BCUT2D eigenvalue weighted by Gasteiger charge is 2.47. The molecular formula is C23H41NO13. The van der Waals surface area contributed by atoms with Gasteiger partial charge in [0.25, 0.3) is 0 Å². The molecule has 0 spiro atoms. The molecule has 0 aromatic rings. The second-order valence-corrected chi connectivity index (χ2v) is 9.26. The smallest absolute Gasteiger partial charge is 0.220 e. The van der Waals surface area contributed by atoms with Gasteiger partial charge in [-0.1, -0.05) is 6.92 Å². The molecule has 0 unspecified atom stereocenters. The number of Topliss-reactive ketones (excluding diaryl/α,β-unsaturated/α-hetero) is 1. The van der Waals surface area contributed by atoms with Gasteiger partial charge in [0.15, 0.2) is 12.6 Å². The fourth-order valence-corrected chi connectivity index (χ4v) is 4.05. The molecule has 2 heterocycles. The maximum absolute atomic E-state index is 11.9. The lowest BCUT2D eigenvalue weighted by atomic mass is 9.98. The number of ketones is 1. The SMILES string of the molecule is CCCC(=O)CCCCC(=O)NCCO[C@H]1O[C@H](CO[C@H]2O[C@H](CO)[C@@H](O)[C@H](O)[C@@H]2O)[C@@H](O)[C@H](O)[C@@H]1O. The van der Waals surface area contributed by atoms with Crippen molar-refractivity contribution in [2.24, 2.45) is 0 Å². The van der Waals surface area contributed by atoms with Crippen molar-refractivity contribution in [2.45, 2.75) is 107 Å². The van der Waals surface area contributed by atoms with Crippen LogP contribution < -0.4 is 5.32 Å². The van der Waals surface area contributed by atoms with Crippen molar-refractivity contribution in [2.75, 3.05) is 26.4 Å². The highest BCUT2D eigenvalue weighted by atomic mass is 16.7. The number of nitrogens with one attached hydrogen (secondary N) is 1. The number of hydrogen-bond acceptors (Lipinski definition) is 13. The van der Waals surface area contributed by atoms with E-state index in [0.29, 0.717) is 25.7 Å². The minimum atomic E-state index is -1.67. The molecule has 8 N–H and O–H groups in total. The molecular weight excluding hydrogens is 498 g/mol. The largest absolute Gasteiger partial charge is 0.394 e. The third kappa shape index (κ3) is 9.44. The van der Waals surface area contributed by atoms with E-state index in [0.717, 1.165) is 6.42 Å². The van der Waals surface area contributed by atoms with E-state index in [2.05, 4.69) is 5.32 Å². The molecule has 216 valence electrons. The summed E-state index contributed by atoms with van der Waals surface area (Å²) >= 11 is 0. The van der Waals surface area contributed by atoms with Crippen molar-refractivity contribution >= 4 is 11.7 Å². The van der Waals surface area contributed by atoms with Crippen LogP contribution >= 0.6 is 0 Å². The predicted octanol–water partition coefficient (Wildman–Crippen LogP) is -3.33. The van der Waals surface area contributed by atoms with Crippen molar-refractivity contribution in [1.29, 1.82) is 0 Å². The molecule has 2 saturated heterocycles. The van der Waals surface area contributed by atoms with Gasteiger partial charge >= 0.3 is 0 Å². The van der Waals surface area contributed by atoms with Crippen LogP contribution in [0.1, 0.15) is 45.4 Å². The molecule has 0 radical (unpaired) electrons. The number of carbonyl (C=O) groups is 2. The highest BCUT2D eigenvalue weighted by molar-refractivity contribution is 5.78. The van der Waals surface area contributed by atoms with Crippen LogP contribution in [0.3, 0.4) is 0 Å². The fourth-order valence-electron chi connectivity index (χ4n) is 4.05. The van der Waals surface area contributed by atoms with Gasteiger partial charge in [-0.25, -0.2) is 0 Å². The molecule has 0 saturated carbocycles. The summed E-state index contributed by atoms with van der Waals surface area (Å²) in [7, 11) is 0. The van der Waals surface area contributed by atoms with E-state index in [4.69, 9.17) is 18.9 Å². The van der Waals surface area contributed by atoms with Gasteiger partial charge in [0.2, 0.25) is 5.91 Å². The lowest BCUT2D eigenvalue weighted by Gasteiger charge is -2.42. The monoisotopic (exact) mass is 539 g/mol. The van der Waals surface area contributed by atoms with Gasteiger partial charge in [-0.15, -0.1) is 0 Å². The number of carbonyl (C=O) groups excluding carboxylic acids is 2. The Labute approximate surface area is 215 Å². The Bertz CT molecular complexity index is 696. The van der Waals surface area contributed by atoms with Crippen molar-refractivity contribution < 1.29 is 64.3 Å². The van der Waals surface area contributed by atoms with E-state index in [1.807, 2.05) is 6.92 Å². The van der Waals surface area contributed by atoms with Gasteiger partial charge in [0, 0.05) is 25.8 Å². The number of hydrogen-bond donors (Lipinski definition) is 8. The molecule has 14 heteroatoms. The summed E-state index contributed by atoms with van der Waals surface area (Å²) in [5.41, 5.74) is 0. The summed E-state index contributed by atoms with van der Waals surface area (Å²) < 4.78 is 21.5. The van der Waals surface area contributed by atoms with E-state index in [1.165, 1.54) is 0 Å². The maximum atomic E-state index is 11.9. The zero-order valence-corrected chi connectivity index (χ0v) is 20.9. The number of ether oxygens (including phenoxy) is 4. The average molecular weight is 540 g/mol. The first kappa shape index (κ1) is 31.9. The topological polar surface area (TPSA) is 225 Å². The number of aliphatic hydroxyl groups excluding tert-OH is 7. The Morgan fingerprint density at radius 3 is 1.95 bits per heavy atom. The van der Waals surface area contributed by atoms with Crippen LogP contribution in [-0.4, -0.2) is 135 Å². The quantitative estimate of drug-likeness (QED) is 0.0955. The molecule has 37 heavy (non-hydrogen) atoms. The van der Waals surface area contributed by atoms with Gasteiger partial charge in [-0.2, -0.15) is 0 Å². The molecule has 0 aromatic carbocycles. The van der Waals surface area contributed by atoms with Gasteiger partial charge in [0.05, 0.1) is 19.8 Å². The summed E-state index contributed by atoms with van der Waals surface area (Å²) in [6.07, 6.45) is -11.7. The number of unbranched alkanes of at least 4 members (excludes halogenated alkanes) is 1. The predicted molar refractivity (Wildman–Crippen MR) is 124 cm³/mol. The Morgan fingerprint density at radius 2 is 1.32 bits per heavy atom. The van der Waals surface area contributed by atoms with E-state index in [-0.39, 0.29) is 31.3 Å². The zero-order valence-electron chi connectivity index (χ0n) is 20.9. The standard InChI is InChI=1S/C23H41NO13/c1-2-5-12(26)6-3-4-7-15(27)24-8-9-34-22-20(32)19(31)17(29)14(37-22)11-35-23-21(33)18(30)16(28)13(10-25)36-23/h13-14,16-23,25,28-33H,2-11H2,1H3,(H,24,27)/t13-,14-,16-,17-,18+,19+,20+,21+,22+,23+/m1/s1. The van der Waals surface area contributed by atoms with Crippen LogP contribution in [-0.2, 0) is 28.5 Å². The van der Waals surface area contributed by atoms with Crippen molar-refractivity contribution in [3.8, 4) is 0 Å². The van der Waals surface area contributed by atoms with Crippen LogP contribution in [0.2, 0.25) is 0 Å². The molecule has 2 aliphatic heterocycles. The Morgan fingerprint density at radius 1 is 0.757 bits per heavy atom. The summed E-state index contributed by atoms with van der Waals surface area (Å²) in [6, 6.07) is 0. The number of amides is 1. The Hall–Kier alpha value is -1.30. The van der Waals surface area contributed by atoms with E-state index < -0.39 is 74.6 Å². The summed E-state index contributed by atoms with van der Waals surface area (Å²) in [5.74, 6) is -0.0375. The minimum absolute atomic E-state index is 0.0778. The van der Waals surface area contributed by atoms with Gasteiger partial charge in [0.1, 0.15) is 54.6 Å². The van der Waals surface area contributed by atoms with Crippen LogP contribution in [0.15, 0.2) is 0 Å². The van der Waals surface area contributed by atoms with Crippen molar-refractivity contribution in [1.82, 2.24) is 5.32 Å². The molecule has 10 atom stereocenters. The molecule has 0 bridgehead atoms. The van der Waals surface area contributed by atoms with Gasteiger partial charge in [-0.05, 0) is 19.3 Å². The third-order valence-corrected chi connectivity index (χ3v) is 6.29. The van der Waals surface area contributed by atoms with Crippen LogP contribution in [0.25, 0.3) is 0 Å². The average Bonchev–Trinajstić information content (AvgIpc) is 2.88. The molecule has 2 fully saturated rings. The normalized spacial score (nSPS) is 36.3. The second-order valence-electron chi connectivity index (χ2n) is 9.26. The van der Waals surface area contributed by atoms with Crippen LogP contribution in [0, 0.1) is 0 Å². The van der Waals surface area contributed by atoms with Crippen LogP contribution in [0.5, 0.6) is 0 Å². The van der Waals surface area contributed by atoms with Gasteiger partial charge < -0.3 is 60.0 Å². The molecule has 1 amide bonds. The van der Waals surface area contributed by atoms with Crippen molar-refractivity contribution in [3.05, 3.63) is 0 Å². The molecule has 0 aliphatic carbocycles. The molecule has 2 aliphatic rings. The Balaban J connectivity index is 1.74.